The van der Waals surface area contributed by atoms with E-state index in [2.05, 4.69) is 72.0 Å². The van der Waals surface area contributed by atoms with Gasteiger partial charge in [0.2, 0.25) is 0 Å². The minimum atomic E-state index is 0.112. The molecule has 0 saturated carbocycles. The first-order valence-corrected chi connectivity index (χ1v) is 9.87. The molecule has 0 bridgehead atoms. The highest BCUT2D eigenvalue weighted by Crippen LogP contribution is 2.58. The number of aryl methyl sites for hydroxylation is 1. The predicted molar refractivity (Wildman–Crippen MR) is 103 cm³/mol. The van der Waals surface area contributed by atoms with E-state index in [1.807, 2.05) is 0 Å². The molecular formula is C22H29N3. The number of rotatable bonds is 5. The smallest absolute Gasteiger partial charge is 0.164 e. The Labute approximate surface area is 151 Å². The van der Waals surface area contributed by atoms with Gasteiger partial charge in [0, 0.05) is 23.9 Å². The van der Waals surface area contributed by atoms with Crippen molar-refractivity contribution in [2.45, 2.75) is 71.3 Å². The fraction of sp³-hybridized carbons (Fsp3) is 0.545. The topological polar surface area (TPSA) is 30.7 Å². The van der Waals surface area contributed by atoms with Crippen molar-refractivity contribution in [3.63, 3.8) is 0 Å². The molecule has 2 aromatic rings. The lowest BCUT2D eigenvalue weighted by Gasteiger charge is -2.53. The summed E-state index contributed by atoms with van der Waals surface area (Å²) < 4.78 is 2.35. The number of allylic oxidation sites excluding steroid dienone is 2. The van der Waals surface area contributed by atoms with Crippen LogP contribution >= 0.6 is 0 Å². The Morgan fingerprint density at radius 1 is 1.08 bits per heavy atom. The Morgan fingerprint density at radius 2 is 1.92 bits per heavy atom. The summed E-state index contributed by atoms with van der Waals surface area (Å²) >= 11 is 0. The van der Waals surface area contributed by atoms with Crippen molar-refractivity contribution >= 4 is 0 Å². The highest BCUT2D eigenvalue weighted by atomic mass is 15.3. The maximum atomic E-state index is 4.62. The molecule has 3 nitrogen and oxygen atoms in total. The van der Waals surface area contributed by atoms with Crippen LogP contribution in [0.4, 0.5) is 0 Å². The van der Waals surface area contributed by atoms with Crippen LogP contribution in [0.3, 0.4) is 0 Å². The van der Waals surface area contributed by atoms with Gasteiger partial charge in [-0.25, -0.2) is 0 Å². The van der Waals surface area contributed by atoms with Gasteiger partial charge in [-0.2, -0.15) is 0 Å². The fourth-order valence-electron chi connectivity index (χ4n) is 5.08. The molecule has 0 saturated heterocycles. The van der Waals surface area contributed by atoms with Crippen LogP contribution in [0, 0.1) is 5.41 Å². The molecule has 132 valence electrons. The first-order valence-electron chi connectivity index (χ1n) is 9.87. The van der Waals surface area contributed by atoms with Crippen LogP contribution in [0.2, 0.25) is 0 Å². The lowest BCUT2D eigenvalue weighted by molar-refractivity contribution is 0.184. The van der Waals surface area contributed by atoms with E-state index in [1.54, 1.807) is 0 Å². The van der Waals surface area contributed by atoms with E-state index in [0.717, 1.165) is 31.0 Å². The number of hydrogen-bond donors (Lipinski definition) is 0. The second-order valence-electron chi connectivity index (χ2n) is 7.92. The summed E-state index contributed by atoms with van der Waals surface area (Å²) in [6.07, 6.45) is 11.9. The van der Waals surface area contributed by atoms with E-state index in [1.165, 1.54) is 36.8 Å². The van der Waals surface area contributed by atoms with Crippen molar-refractivity contribution in [2.24, 2.45) is 5.41 Å². The third kappa shape index (κ3) is 2.32. The molecule has 0 spiro atoms. The molecular weight excluding hydrogens is 306 g/mol. The molecule has 1 unspecified atom stereocenters. The minimum Gasteiger partial charge on any atom is -0.311 e. The molecule has 25 heavy (non-hydrogen) atoms. The zero-order valence-electron chi connectivity index (χ0n) is 15.8. The molecule has 1 aliphatic heterocycles. The molecule has 0 radical (unpaired) electrons. The molecule has 0 fully saturated rings. The normalized spacial score (nSPS) is 27.8. The molecule has 0 amide bonds. The van der Waals surface area contributed by atoms with Crippen LogP contribution in [0.15, 0.2) is 36.4 Å². The van der Waals surface area contributed by atoms with Gasteiger partial charge in [0.05, 0.1) is 0 Å². The number of hydrogen-bond acceptors (Lipinski definition) is 2. The Bertz CT molecular complexity index is 803. The zero-order valence-corrected chi connectivity index (χ0v) is 15.8. The molecule has 3 heteroatoms. The number of aromatic nitrogens is 3. The number of benzene rings is 1. The molecule has 0 N–H and O–H groups in total. The average molecular weight is 335 g/mol. The van der Waals surface area contributed by atoms with Crippen molar-refractivity contribution < 1.29 is 0 Å². The summed E-state index contributed by atoms with van der Waals surface area (Å²) in [4.78, 5) is 0. The molecule has 2 heterocycles. The quantitative estimate of drug-likeness (QED) is 0.694. The Hall–Kier alpha value is -1.90. The van der Waals surface area contributed by atoms with Crippen molar-refractivity contribution in [3.8, 4) is 11.4 Å². The molecule has 2 atom stereocenters. The number of nitrogens with zero attached hydrogens (tertiary/aromatic N) is 3. The van der Waals surface area contributed by atoms with Gasteiger partial charge in [-0.3, -0.25) is 0 Å². The average Bonchev–Trinajstić information content (AvgIpc) is 3.06. The number of fused-ring (bicyclic) bond motifs is 1. The molecule has 4 rings (SSSR count). The maximum absolute atomic E-state index is 4.62. The van der Waals surface area contributed by atoms with Crippen molar-refractivity contribution in [3.05, 3.63) is 47.8 Å². The molecule has 1 aliphatic carbocycles. The first-order chi connectivity index (χ1) is 12.1. The van der Waals surface area contributed by atoms with Crippen molar-refractivity contribution in [2.75, 3.05) is 0 Å². The van der Waals surface area contributed by atoms with Crippen LogP contribution in [0.5, 0.6) is 0 Å². The largest absolute Gasteiger partial charge is 0.311 e. The van der Waals surface area contributed by atoms with E-state index in [9.17, 15) is 0 Å². The van der Waals surface area contributed by atoms with Gasteiger partial charge < -0.3 is 4.57 Å². The Kier molecular flexibility index (Phi) is 4.05. The van der Waals surface area contributed by atoms with E-state index in [0.29, 0.717) is 0 Å². The molecule has 1 aromatic heterocycles. The van der Waals surface area contributed by atoms with Gasteiger partial charge in [0.25, 0.3) is 0 Å². The van der Waals surface area contributed by atoms with Crippen molar-refractivity contribution in [1.29, 1.82) is 0 Å². The predicted octanol–water partition coefficient (Wildman–Crippen LogP) is 5.31. The third-order valence-electron chi connectivity index (χ3n) is 6.59. The first kappa shape index (κ1) is 16.6. The van der Waals surface area contributed by atoms with E-state index in [-0.39, 0.29) is 10.8 Å². The van der Waals surface area contributed by atoms with Crippen molar-refractivity contribution in [1.82, 2.24) is 14.8 Å². The lowest BCUT2D eigenvalue weighted by Crippen LogP contribution is -2.47. The van der Waals surface area contributed by atoms with Gasteiger partial charge in [0.1, 0.15) is 5.82 Å². The SMILES string of the molecule is CCC[C@]1(C)C=CC1(CC)c1ccccc1-c1nnc2n1CCCC2. The van der Waals surface area contributed by atoms with E-state index >= 15 is 0 Å². The van der Waals surface area contributed by atoms with Crippen LogP contribution in [-0.4, -0.2) is 14.8 Å². The summed E-state index contributed by atoms with van der Waals surface area (Å²) in [6, 6.07) is 8.90. The van der Waals surface area contributed by atoms with Crippen LogP contribution < -0.4 is 0 Å². The second kappa shape index (κ2) is 6.12. The summed E-state index contributed by atoms with van der Waals surface area (Å²) in [5, 5.41) is 9.11. The summed E-state index contributed by atoms with van der Waals surface area (Å²) in [5.74, 6) is 2.22. The van der Waals surface area contributed by atoms with Gasteiger partial charge in [0.15, 0.2) is 5.82 Å². The van der Waals surface area contributed by atoms with Gasteiger partial charge in [-0.1, -0.05) is 63.6 Å². The van der Waals surface area contributed by atoms with Crippen LogP contribution in [-0.2, 0) is 18.4 Å². The molecule has 1 aromatic carbocycles. The van der Waals surface area contributed by atoms with Gasteiger partial charge in [-0.05, 0) is 36.7 Å². The Balaban J connectivity index is 1.86. The van der Waals surface area contributed by atoms with Crippen LogP contribution in [0.1, 0.15) is 64.3 Å². The highest BCUT2D eigenvalue weighted by molar-refractivity contribution is 5.66. The highest BCUT2D eigenvalue weighted by Gasteiger charge is 2.51. The lowest BCUT2D eigenvalue weighted by atomic mass is 9.50. The summed E-state index contributed by atoms with van der Waals surface area (Å²) in [7, 11) is 0. The van der Waals surface area contributed by atoms with Crippen LogP contribution in [0.25, 0.3) is 11.4 Å². The monoisotopic (exact) mass is 335 g/mol. The Morgan fingerprint density at radius 3 is 2.64 bits per heavy atom. The minimum absolute atomic E-state index is 0.112. The molecule has 2 aliphatic rings. The van der Waals surface area contributed by atoms with Gasteiger partial charge in [-0.15, -0.1) is 10.2 Å². The van der Waals surface area contributed by atoms with E-state index < -0.39 is 0 Å². The van der Waals surface area contributed by atoms with E-state index in [4.69, 9.17) is 0 Å². The summed E-state index contributed by atoms with van der Waals surface area (Å²) in [6.45, 7) is 8.09. The summed E-state index contributed by atoms with van der Waals surface area (Å²) in [5.41, 5.74) is 3.05. The van der Waals surface area contributed by atoms with Gasteiger partial charge >= 0.3 is 0 Å². The third-order valence-corrected chi connectivity index (χ3v) is 6.59. The zero-order chi connectivity index (χ0) is 17.5. The second-order valence-corrected chi connectivity index (χ2v) is 7.92. The standard InChI is InChI=1S/C22H29N3/c1-4-13-21(3)14-15-22(21,5-2)18-11-7-6-10-17(18)20-24-23-19-12-8-9-16-25(19)20/h6-7,10-11,14-15H,4-5,8-9,12-13,16H2,1-3H3/t21-,22?/m1/s1. The fourth-order valence-corrected chi connectivity index (χ4v) is 5.08. The maximum Gasteiger partial charge on any atom is 0.164 e.